The molecule has 0 atom stereocenters. The second kappa shape index (κ2) is 5.84. The van der Waals surface area contributed by atoms with E-state index in [0.29, 0.717) is 5.41 Å². The first-order chi connectivity index (χ1) is 12.2. The second-order valence-corrected chi connectivity index (χ2v) is 9.80. The first kappa shape index (κ1) is 16.8. The number of aromatic nitrogens is 2. The number of hydrogen-bond donors (Lipinski definition) is 0. The third kappa shape index (κ3) is 2.40. The van der Waals surface area contributed by atoms with Gasteiger partial charge in [0, 0.05) is 17.0 Å². The van der Waals surface area contributed by atoms with Gasteiger partial charge in [-0.15, -0.1) is 23.7 Å². The van der Waals surface area contributed by atoms with Crippen molar-refractivity contribution < 1.29 is 0 Å². The van der Waals surface area contributed by atoms with E-state index >= 15 is 0 Å². The quantitative estimate of drug-likeness (QED) is 0.509. The Balaban J connectivity index is 0.00000150. The Hall–Kier alpha value is -1.32. The summed E-state index contributed by atoms with van der Waals surface area (Å²) in [4.78, 5) is 6.32. The fourth-order valence-corrected chi connectivity index (χ4v) is 7.28. The molecule has 2 heterocycles. The van der Waals surface area contributed by atoms with Crippen molar-refractivity contribution in [3.63, 3.8) is 0 Å². The summed E-state index contributed by atoms with van der Waals surface area (Å²) in [6.45, 7) is 2.15. The summed E-state index contributed by atoms with van der Waals surface area (Å²) in [5, 5.41) is 2.26. The molecule has 0 unspecified atom stereocenters. The Bertz CT molecular complexity index is 917. The summed E-state index contributed by atoms with van der Waals surface area (Å²) in [6, 6.07) is 8.88. The van der Waals surface area contributed by atoms with Crippen LogP contribution in [0.1, 0.15) is 49.8 Å². The van der Waals surface area contributed by atoms with E-state index in [1.807, 2.05) is 0 Å². The number of aryl methyl sites for hydroxylation is 1. The molecule has 0 saturated heterocycles. The lowest BCUT2D eigenvalue weighted by molar-refractivity contribution is -0.00696. The maximum Gasteiger partial charge on any atom is 0.194 e. The third-order valence-electron chi connectivity index (χ3n) is 7.14. The van der Waals surface area contributed by atoms with Crippen LogP contribution in [0.5, 0.6) is 0 Å². The minimum Gasteiger partial charge on any atom is -0.290 e. The molecule has 7 rings (SSSR count). The molecule has 0 N–H and O–H groups in total. The number of hydrogen-bond acceptors (Lipinski definition) is 2. The fraction of sp³-hybridized carbons (Fsp3) is 0.500. The highest BCUT2D eigenvalue weighted by molar-refractivity contribution is 7.15. The van der Waals surface area contributed by atoms with Gasteiger partial charge in [-0.05, 0) is 68.8 Å². The molecule has 0 spiro atoms. The van der Waals surface area contributed by atoms with Crippen molar-refractivity contribution in [2.24, 2.45) is 17.8 Å². The van der Waals surface area contributed by atoms with Crippen molar-refractivity contribution in [1.82, 2.24) is 9.38 Å². The molecule has 0 aliphatic heterocycles. The second-order valence-electron chi connectivity index (χ2n) is 8.96. The van der Waals surface area contributed by atoms with E-state index < -0.39 is 0 Å². The molecular formula is C22H25ClN2S. The number of rotatable bonds is 2. The van der Waals surface area contributed by atoms with Gasteiger partial charge in [0.25, 0.3) is 0 Å². The standard InChI is InChI=1S/C22H24N2S.ClH/c1-14-2-4-18(5-3-14)19-13-25-21-23-20(12-24(19)21)22-9-15-6-16(10-22)8-17(7-15)11-22;/h2-5,12-13,15-17H,6-11H2,1H3;1H. The van der Waals surface area contributed by atoms with Crippen LogP contribution in [0.25, 0.3) is 16.2 Å². The lowest BCUT2D eigenvalue weighted by atomic mass is 9.49. The summed E-state index contributed by atoms with van der Waals surface area (Å²) in [5.74, 6) is 2.92. The lowest BCUT2D eigenvalue weighted by Gasteiger charge is -2.56. The SMILES string of the molecule is Cc1ccc(-c2csc3nc(C45CC6CC(CC(C6)C4)C5)cn23)cc1.Cl. The number of thiazole rings is 1. The normalized spacial score (nSPS) is 32.1. The van der Waals surface area contributed by atoms with Gasteiger partial charge in [-0.1, -0.05) is 29.8 Å². The van der Waals surface area contributed by atoms with E-state index in [9.17, 15) is 0 Å². The number of nitrogens with zero attached hydrogens (tertiary/aromatic N) is 2. The van der Waals surface area contributed by atoms with Gasteiger partial charge in [0.1, 0.15) is 0 Å². The van der Waals surface area contributed by atoms with Gasteiger partial charge < -0.3 is 0 Å². The Kier molecular flexibility index (Phi) is 3.78. The summed E-state index contributed by atoms with van der Waals surface area (Å²) in [5.41, 5.74) is 5.70. The van der Waals surface area contributed by atoms with Gasteiger partial charge in [0.05, 0.1) is 11.4 Å². The largest absolute Gasteiger partial charge is 0.290 e. The maximum atomic E-state index is 5.15. The molecule has 4 bridgehead atoms. The van der Waals surface area contributed by atoms with Crippen molar-refractivity contribution in [2.45, 2.75) is 50.9 Å². The van der Waals surface area contributed by atoms with Crippen LogP contribution in [0.4, 0.5) is 0 Å². The van der Waals surface area contributed by atoms with Gasteiger partial charge in [-0.25, -0.2) is 4.98 Å². The van der Waals surface area contributed by atoms with Gasteiger partial charge >= 0.3 is 0 Å². The smallest absolute Gasteiger partial charge is 0.194 e. The van der Waals surface area contributed by atoms with E-state index in [-0.39, 0.29) is 12.4 Å². The van der Waals surface area contributed by atoms with Crippen molar-refractivity contribution >= 4 is 28.7 Å². The molecule has 26 heavy (non-hydrogen) atoms. The van der Waals surface area contributed by atoms with Crippen LogP contribution in [0.15, 0.2) is 35.8 Å². The molecule has 136 valence electrons. The number of imidazole rings is 1. The zero-order valence-electron chi connectivity index (χ0n) is 15.1. The highest BCUT2D eigenvalue weighted by Gasteiger charge is 2.52. The summed E-state index contributed by atoms with van der Waals surface area (Å²) in [6.07, 6.45) is 11.0. The van der Waals surface area contributed by atoms with Crippen LogP contribution in [0.2, 0.25) is 0 Å². The first-order valence-electron chi connectivity index (χ1n) is 9.73. The molecular weight excluding hydrogens is 360 g/mol. The first-order valence-corrected chi connectivity index (χ1v) is 10.6. The van der Waals surface area contributed by atoms with Crippen LogP contribution in [-0.2, 0) is 5.41 Å². The van der Waals surface area contributed by atoms with E-state index in [2.05, 4.69) is 47.2 Å². The topological polar surface area (TPSA) is 17.3 Å². The van der Waals surface area contributed by atoms with E-state index in [1.165, 1.54) is 66.0 Å². The highest BCUT2D eigenvalue weighted by Crippen LogP contribution is 2.60. The van der Waals surface area contributed by atoms with Crippen molar-refractivity contribution in [2.75, 3.05) is 0 Å². The molecule has 0 radical (unpaired) electrons. The van der Waals surface area contributed by atoms with Gasteiger partial charge in [0.15, 0.2) is 4.96 Å². The van der Waals surface area contributed by atoms with Crippen LogP contribution < -0.4 is 0 Å². The van der Waals surface area contributed by atoms with Gasteiger partial charge in [-0.2, -0.15) is 0 Å². The average molecular weight is 385 g/mol. The average Bonchev–Trinajstić information content (AvgIpc) is 3.15. The Morgan fingerprint density at radius 3 is 2.23 bits per heavy atom. The lowest BCUT2D eigenvalue weighted by Crippen LogP contribution is -2.48. The van der Waals surface area contributed by atoms with E-state index in [1.54, 1.807) is 11.3 Å². The molecule has 4 aliphatic carbocycles. The van der Waals surface area contributed by atoms with Crippen LogP contribution in [0.3, 0.4) is 0 Å². The molecule has 0 amide bonds. The van der Waals surface area contributed by atoms with Crippen molar-refractivity contribution in [3.8, 4) is 11.3 Å². The molecule has 2 aromatic heterocycles. The number of halogens is 1. The molecule has 4 saturated carbocycles. The Morgan fingerprint density at radius 2 is 1.62 bits per heavy atom. The Morgan fingerprint density at radius 1 is 1.00 bits per heavy atom. The van der Waals surface area contributed by atoms with E-state index in [0.717, 1.165) is 17.8 Å². The molecule has 2 nitrogen and oxygen atoms in total. The fourth-order valence-electron chi connectivity index (χ4n) is 6.40. The predicted molar refractivity (Wildman–Crippen MR) is 110 cm³/mol. The molecule has 4 fully saturated rings. The van der Waals surface area contributed by atoms with Crippen LogP contribution in [-0.4, -0.2) is 9.38 Å². The number of benzene rings is 1. The van der Waals surface area contributed by atoms with Crippen molar-refractivity contribution in [3.05, 3.63) is 47.1 Å². The predicted octanol–water partition coefficient (Wildman–Crippen LogP) is 6.26. The van der Waals surface area contributed by atoms with Gasteiger partial charge in [-0.3, -0.25) is 4.40 Å². The van der Waals surface area contributed by atoms with Crippen LogP contribution in [0, 0.1) is 24.7 Å². The van der Waals surface area contributed by atoms with E-state index in [4.69, 9.17) is 4.98 Å². The number of fused-ring (bicyclic) bond motifs is 1. The van der Waals surface area contributed by atoms with Crippen LogP contribution >= 0.6 is 23.7 Å². The monoisotopic (exact) mass is 384 g/mol. The minimum atomic E-state index is 0. The summed E-state index contributed by atoms with van der Waals surface area (Å²) >= 11 is 1.79. The Labute approximate surface area is 165 Å². The van der Waals surface area contributed by atoms with Crippen molar-refractivity contribution in [1.29, 1.82) is 0 Å². The zero-order chi connectivity index (χ0) is 16.6. The third-order valence-corrected chi connectivity index (χ3v) is 7.98. The highest BCUT2D eigenvalue weighted by atomic mass is 35.5. The summed E-state index contributed by atoms with van der Waals surface area (Å²) < 4.78 is 2.35. The zero-order valence-corrected chi connectivity index (χ0v) is 16.8. The molecule has 1 aromatic carbocycles. The maximum absolute atomic E-state index is 5.15. The van der Waals surface area contributed by atoms with Gasteiger partial charge in [0.2, 0.25) is 0 Å². The molecule has 3 aromatic rings. The molecule has 4 aliphatic rings. The minimum absolute atomic E-state index is 0. The molecule has 4 heteroatoms. The summed E-state index contributed by atoms with van der Waals surface area (Å²) in [7, 11) is 0.